The number of hydrogen-bond acceptors (Lipinski definition) is 4. The van der Waals surface area contributed by atoms with E-state index in [0.29, 0.717) is 5.69 Å². The van der Waals surface area contributed by atoms with Gasteiger partial charge in [-0.25, -0.2) is 8.42 Å². The molecule has 2 amide bonds. The molecule has 0 aromatic heterocycles. The zero-order valence-electron chi connectivity index (χ0n) is 13.0. The number of para-hydroxylation sites is 1. The highest BCUT2D eigenvalue weighted by Crippen LogP contribution is 2.16. The first kappa shape index (κ1) is 18.2. The molecule has 0 saturated heterocycles. The summed E-state index contributed by atoms with van der Waals surface area (Å²) < 4.78 is 22.5. The minimum absolute atomic E-state index is 0.0402. The van der Waals surface area contributed by atoms with Crippen molar-refractivity contribution >= 4 is 27.3 Å². The lowest BCUT2D eigenvalue weighted by Gasteiger charge is -2.18. The van der Waals surface area contributed by atoms with Crippen molar-refractivity contribution in [2.24, 2.45) is 0 Å². The molecule has 0 aliphatic heterocycles. The summed E-state index contributed by atoms with van der Waals surface area (Å²) in [4.78, 5) is 23.5. The van der Waals surface area contributed by atoms with Crippen molar-refractivity contribution in [2.75, 3.05) is 17.3 Å². The van der Waals surface area contributed by atoms with Gasteiger partial charge in [-0.15, -0.1) is 0 Å². The minimum Gasteiger partial charge on any atom is -0.345 e. The van der Waals surface area contributed by atoms with Crippen LogP contribution in [0.5, 0.6) is 0 Å². The van der Waals surface area contributed by atoms with Gasteiger partial charge in [0.2, 0.25) is 11.8 Å². The molecule has 0 bridgehead atoms. The van der Waals surface area contributed by atoms with E-state index >= 15 is 0 Å². The summed E-state index contributed by atoms with van der Waals surface area (Å²) in [7, 11) is -3.21. The number of aryl methyl sites for hydroxylation is 1. The van der Waals surface area contributed by atoms with Gasteiger partial charge in [0, 0.05) is 18.9 Å². The minimum atomic E-state index is -3.21. The third kappa shape index (κ3) is 6.26. The Hall–Kier alpha value is -1.89. The van der Waals surface area contributed by atoms with E-state index < -0.39 is 21.8 Å². The van der Waals surface area contributed by atoms with E-state index in [-0.39, 0.29) is 18.1 Å². The molecule has 1 aromatic carbocycles. The number of carbonyl (C=O) groups is 2. The maximum Gasteiger partial charge on any atom is 0.246 e. The molecule has 0 saturated carbocycles. The second kappa shape index (κ2) is 7.93. The highest BCUT2D eigenvalue weighted by Gasteiger charge is 2.21. The quantitative estimate of drug-likeness (QED) is 0.785. The molecule has 1 unspecified atom stereocenters. The number of nitrogens with one attached hydrogen (secondary N) is 2. The van der Waals surface area contributed by atoms with Gasteiger partial charge < -0.3 is 10.6 Å². The van der Waals surface area contributed by atoms with Crippen LogP contribution in [-0.4, -0.2) is 38.3 Å². The molecule has 6 nitrogen and oxygen atoms in total. The van der Waals surface area contributed by atoms with Crippen LogP contribution in [0.3, 0.4) is 0 Å². The largest absolute Gasteiger partial charge is 0.345 e. The third-order valence-electron chi connectivity index (χ3n) is 3.13. The second-order valence-corrected chi connectivity index (χ2v) is 7.43. The number of anilines is 1. The van der Waals surface area contributed by atoms with Crippen molar-refractivity contribution in [2.45, 2.75) is 32.7 Å². The Kier molecular flexibility index (Phi) is 6.55. The summed E-state index contributed by atoms with van der Waals surface area (Å²) in [6, 6.07) is 6.48. The summed E-state index contributed by atoms with van der Waals surface area (Å²) >= 11 is 0. The molecule has 1 aromatic rings. The van der Waals surface area contributed by atoms with Crippen molar-refractivity contribution in [3.8, 4) is 0 Å². The Balaban J connectivity index is 2.84. The van der Waals surface area contributed by atoms with Crippen LogP contribution in [0.4, 0.5) is 5.69 Å². The Labute approximate surface area is 131 Å². The third-order valence-corrected chi connectivity index (χ3v) is 4.10. The van der Waals surface area contributed by atoms with E-state index in [9.17, 15) is 18.0 Å². The summed E-state index contributed by atoms with van der Waals surface area (Å²) in [6.07, 6.45) is 1.89. The highest BCUT2D eigenvalue weighted by molar-refractivity contribution is 7.90. The Bertz CT molecular complexity index is 641. The number of hydrogen-bond donors (Lipinski definition) is 2. The van der Waals surface area contributed by atoms with Crippen LogP contribution >= 0.6 is 0 Å². The van der Waals surface area contributed by atoms with Crippen molar-refractivity contribution in [3.63, 3.8) is 0 Å². The van der Waals surface area contributed by atoms with Gasteiger partial charge in [0.25, 0.3) is 0 Å². The number of benzene rings is 1. The zero-order valence-corrected chi connectivity index (χ0v) is 13.9. The van der Waals surface area contributed by atoms with Gasteiger partial charge in [0.15, 0.2) is 0 Å². The Morgan fingerprint density at radius 3 is 2.41 bits per heavy atom. The van der Waals surface area contributed by atoms with E-state index in [1.54, 1.807) is 12.1 Å². The fraction of sp³-hybridized carbons (Fsp3) is 0.467. The first-order chi connectivity index (χ1) is 10.2. The molecule has 7 heteroatoms. The lowest BCUT2D eigenvalue weighted by atomic mass is 10.1. The maximum atomic E-state index is 12.3. The normalized spacial score (nSPS) is 12.5. The van der Waals surface area contributed by atoms with Gasteiger partial charge in [0.05, 0.1) is 5.75 Å². The highest BCUT2D eigenvalue weighted by atomic mass is 32.2. The number of sulfone groups is 1. The summed E-state index contributed by atoms with van der Waals surface area (Å²) in [6.45, 7) is 3.26. The standard InChI is InChI=1S/C15H22N2O4S/c1-4-12-7-5-6-8-13(12)17-15(19)14(16-11(2)18)9-10-22(3,20)21/h5-8,14H,4,9-10H2,1-3H3,(H,16,18)(H,17,19). The fourth-order valence-electron chi connectivity index (χ4n) is 2.02. The lowest BCUT2D eigenvalue weighted by molar-refractivity contribution is -0.125. The monoisotopic (exact) mass is 326 g/mol. The fourth-order valence-corrected chi connectivity index (χ4v) is 2.68. The first-order valence-corrected chi connectivity index (χ1v) is 9.12. The van der Waals surface area contributed by atoms with Gasteiger partial charge in [-0.2, -0.15) is 0 Å². The Morgan fingerprint density at radius 2 is 1.86 bits per heavy atom. The summed E-state index contributed by atoms with van der Waals surface area (Å²) in [5.41, 5.74) is 1.64. The number of rotatable bonds is 7. The predicted octanol–water partition coefficient (Wildman–Crippen LogP) is 1.13. The van der Waals surface area contributed by atoms with E-state index in [2.05, 4.69) is 10.6 Å². The molecule has 22 heavy (non-hydrogen) atoms. The molecule has 0 aliphatic rings. The molecular weight excluding hydrogens is 304 g/mol. The van der Waals surface area contributed by atoms with Crippen molar-refractivity contribution < 1.29 is 18.0 Å². The van der Waals surface area contributed by atoms with Gasteiger partial charge in [-0.1, -0.05) is 25.1 Å². The van der Waals surface area contributed by atoms with Crippen molar-refractivity contribution in [1.29, 1.82) is 0 Å². The summed E-state index contributed by atoms with van der Waals surface area (Å²) in [5, 5.41) is 5.25. The molecular formula is C15H22N2O4S. The molecule has 0 aliphatic carbocycles. The van der Waals surface area contributed by atoms with Crippen LogP contribution in [0.2, 0.25) is 0 Å². The van der Waals surface area contributed by atoms with Crippen LogP contribution in [0.15, 0.2) is 24.3 Å². The number of carbonyl (C=O) groups excluding carboxylic acids is 2. The molecule has 1 rings (SSSR count). The number of amides is 2. The van der Waals surface area contributed by atoms with E-state index in [0.717, 1.165) is 18.2 Å². The van der Waals surface area contributed by atoms with Crippen LogP contribution < -0.4 is 10.6 Å². The molecule has 0 fully saturated rings. The van der Waals surface area contributed by atoms with Gasteiger partial charge in [0.1, 0.15) is 15.9 Å². The zero-order chi connectivity index (χ0) is 16.8. The van der Waals surface area contributed by atoms with Crippen molar-refractivity contribution in [1.82, 2.24) is 5.32 Å². The molecule has 2 N–H and O–H groups in total. The molecule has 0 radical (unpaired) electrons. The van der Waals surface area contributed by atoms with Gasteiger partial charge in [-0.05, 0) is 24.5 Å². The molecule has 1 atom stereocenters. The maximum absolute atomic E-state index is 12.3. The topological polar surface area (TPSA) is 92.3 Å². The molecule has 0 spiro atoms. The average Bonchev–Trinajstić information content (AvgIpc) is 2.42. The summed E-state index contributed by atoms with van der Waals surface area (Å²) in [5.74, 6) is -0.960. The van der Waals surface area contributed by atoms with Crippen molar-refractivity contribution in [3.05, 3.63) is 29.8 Å². The molecule has 0 heterocycles. The first-order valence-electron chi connectivity index (χ1n) is 7.06. The van der Waals surface area contributed by atoms with Gasteiger partial charge in [-0.3, -0.25) is 9.59 Å². The Morgan fingerprint density at radius 1 is 1.23 bits per heavy atom. The van der Waals surface area contributed by atoms with E-state index in [1.807, 2.05) is 19.1 Å². The van der Waals surface area contributed by atoms with E-state index in [4.69, 9.17) is 0 Å². The van der Waals surface area contributed by atoms with E-state index in [1.165, 1.54) is 6.92 Å². The van der Waals surface area contributed by atoms with Gasteiger partial charge >= 0.3 is 0 Å². The lowest BCUT2D eigenvalue weighted by Crippen LogP contribution is -2.44. The van der Waals surface area contributed by atoms with Crippen LogP contribution in [-0.2, 0) is 25.8 Å². The van der Waals surface area contributed by atoms with Crippen LogP contribution in [0.25, 0.3) is 0 Å². The van der Waals surface area contributed by atoms with Crippen LogP contribution in [0, 0.1) is 0 Å². The van der Waals surface area contributed by atoms with Crippen LogP contribution in [0.1, 0.15) is 25.8 Å². The predicted molar refractivity (Wildman–Crippen MR) is 86.4 cm³/mol. The average molecular weight is 326 g/mol. The SMILES string of the molecule is CCc1ccccc1NC(=O)C(CCS(C)(=O)=O)NC(C)=O. The smallest absolute Gasteiger partial charge is 0.246 e. The molecule has 122 valence electrons. The second-order valence-electron chi connectivity index (χ2n) is 5.17.